The Bertz CT molecular complexity index is 1010. The Morgan fingerprint density at radius 2 is 1.96 bits per heavy atom. The van der Waals surface area contributed by atoms with Gasteiger partial charge in [-0.2, -0.15) is 0 Å². The highest BCUT2D eigenvalue weighted by Crippen LogP contribution is 2.26. The second kappa shape index (κ2) is 7.00. The van der Waals surface area contributed by atoms with Crippen molar-refractivity contribution < 1.29 is 19.3 Å². The molecule has 1 aliphatic heterocycles. The molecule has 10 heteroatoms. The van der Waals surface area contributed by atoms with E-state index >= 15 is 0 Å². The van der Waals surface area contributed by atoms with Crippen molar-refractivity contribution >= 4 is 28.4 Å². The van der Waals surface area contributed by atoms with Gasteiger partial charge in [0.05, 0.1) is 18.1 Å². The number of nitrogens with zero attached hydrogens (tertiary/aromatic N) is 5. The first-order valence-corrected chi connectivity index (χ1v) is 8.28. The van der Waals surface area contributed by atoms with Gasteiger partial charge in [0.25, 0.3) is 5.69 Å². The normalized spacial score (nSPS) is 14.3. The van der Waals surface area contributed by atoms with Crippen molar-refractivity contribution in [3.05, 3.63) is 58.1 Å². The van der Waals surface area contributed by atoms with Gasteiger partial charge in [0, 0.05) is 24.8 Å². The topological polar surface area (TPSA) is 113 Å². The minimum Gasteiger partial charge on any atom is -0.378 e. The third-order valence-corrected chi connectivity index (χ3v) is 4.26. The van der Waals surface area contributed by atoms with Gasteiger partial charge in [0.15, 0.2) is 0 Å². The highest BCUT2D eigenvalue weighted by Gasteiger charge is 2.25. The molecule has 3 aromatic rings. The monoisotopic (exact) mass is 369 g/mol. The number of hydrogen-bond donors (Lipinski definition) is 0. The number of morpholine rings is 1. The van der Waals surface area contributed by atoms with Gasteiger partial charge >= 0.3 is 5.97 Å². The standard InChI is InChI=1S/C17H15N5O5/c23-17(27-21-16-4-2-1-3-14(16)18-19-21)13-11-12(5-6-15(13)22(24)25)20-7-9-26-10-8-20/h1-6,11H,7-10H2. The average molecular weight is 369 g/mol. The van der Waals surface area contributed by atoms with E-state index in [0.29, 0.717) is 43.0 Å². The number of nitro groups is 1. The first-order valence-electron chi connectivity index (χ1n) is 8.28. The van der Waals surface area contributed by atoms with Crippen molar-refractivity contribution in [3.63, 3.8) is 0 Å². The van der Waals surface area contributed by atoms with E-state index in [4.69, 9.17) is 9.57 Å². The van der Waals surface area contributed by atoms with E-state index in [9.17, 15) is 14.9 Å². The maximum absolute atomic E-state index is 12.7. The van der Waals surface area contributed by atoms with Crippen LogP contribution in [0.5, 0.6) is 0 Å². The van der Waals surface area contributed by atoms with E-state index in [1.807, 2.05) is 4.90 Å². The van der Waals surface area contributed by atoms with Crippen LogP contribution in [0.25, 0.3) is 11.0 Å². The molecule has 1 fully saturated rings. The summed E-state index contributed by atoms with van der Waals surface area (Å²) in [6, 6.07) is 11.3. The maximum Gasteiger partial charge on any atom is 0.372 e. The van der Waals surface area contributed by atoms with Crippen molar-refractivity contribution in [1.82, 2.24) is 15.2 Å². The number of carbonyl (C=O) groups is 1. The fourth-order valence-corrected chi connectivity index (χ4v) is 2.91. The number of ether oxygens (including phenoxy) is 1. The number of carbonyl (C=O) groups excluding carboxylic acids is 1. The first-order chi connectivity index (χ1) is 13.1. The fraction of sp³-hybridized carbons (Fsp3) is 0.235. The molecule has 27 heavy (non-hydrogen) atoms. The lowest BCUT2D eigenvalue weighted by Gasteiger charge is -2.28. The van der Waals surface area contributed by atoms with Crippen molar-refractivity contribution in [2.24, 2.45) is 0 Å². The van der Waals surface area contributed by atoms with Gasteiger partial charge in [-0.05, 0) is 29.5 Å². The zero-order chi connectivity index (χ0) is 18.8. The van der Waals surface area contributed by atoms with Crippen LogP contribution in [0.15, 0.2) is 42.5 Å². The highest BCUT2D eigenvalue weighted by atomic mass is 16.7. The Hall–Kier alpha value is -3.53. The predicted molar refractivity (Wildman–Crippen MR) is 94.6 cm³/mol. The molecule has 0 atom stereocenters. The number of hydrogen-bond acceptors (Lipinski definition) is 8. The zero-order valence-corrected chi connectivity index (χ0v) is 14.1. The van der Waals surface area contributed by atoms with Crippen molar-refractivity contribution in [3.8, 4) is 0 Å². The fourth-order valence-electron chi connectivity index (χ4n) is 2.91. The third kappa shape index (κ3) is 3.29. The molecule has 0 aliphatic carbocycles. The summed E-state index contributed by atoms with van der Waals surface area (Å²) in [6.07, 6.45) is 0. The Balaban J connectivity index is 1.67. The third-order valence-electron chi connectivity index (χ3n) is 4.26. The molecular weight excluding hydrogens is 354 g/mol. The van der Waals surface area contributed by atoms with Crippen LogP contribution in [0, 0.1) is 10.1 Å². The van der Waals surface area contributed by atoms with E-state index in [1.54, 1.807) is 30.3 Å². The Morgan fingerprint density at radius 3 is 2.74 bits per heavy atom. The van der Waals surface area contributed by atoms with Gasteiger partial charge in [-0.3, -0.25) is 10.1 Å². The van der Waals surface area contributed by atoms with Gasteiger partial charge in [0.2, 0.25) is 0 Å². The number of rotatable bonds is 4. The molecule has 0 radical (unpaired) electrons. The molecule has 0 bridgehead atoms. The second-order valence-electron chi connectivity index (χ2n) is 5.89. The molecule has 2 aromatic carbocycles. The van der Waals surface area contributed by atoms with E-state index in [-0.39, 0.29) is 11.3 Å². The molecule has 0 saturated carbocycles. The summed E-state index contributed by atoms with van der Waals surface area (Å²) in [6.45, 7) is 2.39. The summed E-state index contributed by atoms with van der Waals surface area (Å²) in [7, 11) is 0. The molecule has 4 rings (SSSR count). The molecule has 0 unspecified atom stereocenters. The lowest BCUT2D eigenvalue weighted by Crippen LogP contribution is -2.36. The van der Waals surface area contributed by atoms with Crippen LogP contribution in [0.1, 0.15) is 10.4 Å². The molecule has 138 valence electrons. The average Bonchev–Trinajstić information content (AvgIpc) is 3.11. The summed E-state index contributed by atoms with van der Waals surface area (Å²) in [4.78, 5) is 31.6. The number of para-hydroxylation sites is 1. The number of fused-ring (bicyclic) bond motifs is 1. The Morgan fingerprint density at radius 1 is 1.19 bits per heavy atom. The van der Waals surface area contributed by atoms with Gasteiger partial charge in [0.1, 0.15) is 16.6 Å². The Kier molecular flexibility index (Phi) is 4.38. The summed E-state index contributed by atoms with van der Waals surface area (Å²) < 4.78 is 5.31. The minimum absolute atomic E-state index is 0.149. The largest absolute Gasteiger partial charge is 0.378 e. The molecule has 1 aromatic heterocycles. The van der Waals surface area contributed by atoms with E-state index < -0.39 is 10.9 Å². The lowest BCUT2D eigenvalue weighted by atomic mass is 10.1. The summed E-state index contributed by atoms with van der Waals surface area (Å²) in [5, 5.41) is 19.0. The molecular formula is C17H15N5O5. The number of aromatic nitrogens is 3. The summed E-state index contributed by atoms with van der Waals surface area (Å²) in [5.74, 6) is -0.882. The van der Waals surface area contributed by atoms with E-state index in [2.05, 4.69) is 10.3 Å². The Labute approximate surface area is 153 Å². The molecule has 10 nitrogen and oxygen atoms in total. The number of benzene rings is 2. The van der Waals surface area contributed by atoms with Crippen LogP contribution in [-0.4, -0.2) is 52.4 Å². The van der Waals surface area contributed by atoms with Crippen LogP contribution < -0.4 is 9.74 Å². The van der Waals surface area contributed by atoms with Gasteiger partial charge in [-0.25, -0.2) is 4.79 Å². The van der Waals surface area contributed by atoms with Gasteiger partial charge in [-0.1, -0.05) is 17.0 Å². The first kappa shape index (κ1) is 16.9. The molecule has 0 spiro atoms. The van der Waals surface area contributed by atoms with Crippen LogP contribution in [0.2, 0.25) is 0 Å². The summed E-state index contributed by atoms with van der Waals surface area (Å²) in [5.41, 5.74) is 1.24. The predicted octanol–water partition coefficient (Wildman–Crippen LogP) is 1.45. The van der Waals surface area contributed by atoms with Crippen molar-refractivity contribution in [2.75, 3.05) is 31.2 Å². The van der Waals surface area contributed by atoms with Gasteiger partial charge < -0.3 is 14.5 Å². The summed E-state index contributed by atoms with van der Waals surface area (Å²) >= 11 is 0. The lowest BCUT2D eigenvalue weighted by molar-refractivity contribution is -0.385. The maximum atomic E-state index is 12.7. The van der Waals surface area contributed by atoms with Crippen LogP contribution >= 0.6 is 0 Å². The molecule has 1 aliphatic rings. The van der Waals surface area contributed by atoms with Crippen molar-refractivity contribution in [2.45, 2.75) is 0 Å². The van der Waals surface area contributed by atoms with Crippen LogP contribution in [0.3, 0.4) is 0 Å². The number of anilines is 1. The zero-order valence-electron chi connectivity index (χ0n) is 14.1. The van der Waals surface area contributed by atoms with Crippen LogP contribution in [-0.2, 0) is 4.74 Å². The van der Waals surface area contributed by atoms with Crippen LogP contribution in [0.4, 0.5) is 11.4 Å². The highest BCUT2D eigenvalue weighted by molar-refractivity contribution is 5.95. The minimum atomic E-state index is -0.882. The number of nitro benzene ring substituents is 1. The molecule has 0 amide bonds. The molecule has 0 N–H and O–H groups in total. The quantitative estimate of drug-likeness (QED) is 0.386. The SMILES string of the molecule is O=C(On1nnc2ccccc21)c1cc(N2CCOCC2)ccc1[N+](=O)[O-]. The van der Waals surface area contributed by atoms with E-state index in [0.717, 1.165) is 4.85 Å². The van der Waals surface area contributed by atoms with Gasteiger partial charge in [-0.15, -0.1) is 5.10 Å². The molecule has 1 saturated heterocycles. The van der Waals surface area contributed by atoms with Crippen molar-refractivity contribution in [1.29, 1.82) is 0 Å². The second-order valence-corrected chi connectivity index (χ2v) is 5.89. The van der Waals surface area contributed by atoms with E-state index in [1.165, 1.54) is 12.1 Å². The smallest absolute Gasteiger partial charge is 0.372 e. The molecule has 2 heterocycles.